The van der Waals surface area contributed by atoms with Crippen molar-refractivity contribution in [1.82, 2.24) is 24.4 Å². The Morgan fingerprint density at radius 2 is 1.91 bits per heavy atom. The van der Waals surface area contributed by atoms with E-state index in [1.165, 1.54) is 10.6 Å². The maximum absolute atomic E-state index is 15.0. The molecule has 0 bridgehead atoms. The van der Waals surface area contributed by atoms with Gasteiger partial charge in [0, 0.05) is 52.2 Å². The highest BCUT2D eigenvalue weighted by Crippen LogP contribution is 2.50. The van der Waals surface area contributed by atoms with Crippen molar-refractivity contribution < 1.29 is 27.5 Å². The highest BCUT2D eigenvalue weighted by atomic mass is 32.2. The number of thiophene rings is 1. The monoisotopic (exact) mass is 663 g/mol. The van der Waals surface area contributed by atoms with E-state index < -0.39 is 41.7 Å². The molecular weight excluding hydrogens is 635 g/mol. The third kappa shape index (κ3) is 5.42. The number of primary amides is 1. The molecule has 1 saturated heterocycles. The number of carbonyl (C=O) groups is 2. The predicted octanol–water partition coefficient (Wildman–Crippen LogP) is 2.90. The topological polar surface area (TPSA) is 159 Å². The molecule has 5 heterocycles. The van der Waals surface area contributed by atoms with Gasteiger partial charge in [0.15, 0.2) is 0 Å². The molecule has 6 rings (SSSR count). The predicted molar refractivity (Wildman–Crippen MR) is 165 cm³/mol. The number of thioether (sulfide) groups is 1. The summed E-state index contributed by atoms with van der Waals surface area (Å²) in [6.07, 6.45) is -4.38. The molecule has 1 fully saturated rings. The molecule has 0 aliphatic carbocycles. The maximum atomic E-state index is 15.0. The number of imidazole rings is 1. The number of fused-ring (bicyclic) bond motifs is 1. The summed E-state index contributed by atoms with van der Waals surface area (Å²) >= 11 is 2.09. The van der Waals surface area contributed by atoms with Crippen LogP contribution >= 0.6 is 23.1 Å². The second-order valence-electron chi connectivity index (χ2n) is 11.0. The minimum atomic E-state index is -4.84. The number of halogens is 3. The first kappa shape index (κ1) is 30.9. The molecule has 0 spiro atoms. The average Bonchev–Trinajstić information content (AvgIpc) is 3.45. The number of piperazine rings is 1. The second kappa shape index (κ2) is 11.4. The quantitative estimate of drug-likeness (QED) is 0.266. The van der Waals surface area contributed by atoms with E-state index in [-0.39, 0.29) is 81.0 Å². The standard InChI is InChI=1S/C28H28F3N7O5S2/c1-4-19(40)38-12(2)6-36(7-13(38)3)25-15-5-16(28(29,30)31)20(23-21-17(11-45-23)33-26(41)34-21)24-22(15)37(27(42)35-25)8-14(10-44-24)43-9-18(32)39/h4-5,11-14H,1,6-10H2,2-3H3,(H2,32,39)(H2,33,34,41)/t12-,13+,14?. The Hall–Kier alpha value is -4.09. The van der Waals surface area contributed by atoms with Gasteiger partial charge in [-0.3, -0.25) is 14.2 Å². The van der Waals surface area contributed by atoms with Crippen LogP contribution in [0.25, 0.3) is 32.4 Å². The van der Waals surface area contributed by atoms with Gasteiger partial charge in [-0.1, -0.05) is 6.58 Å². The summed E-state index contributed by atoms with van der Waals surface area (Å²) in [7, 11) is 0. The molecule has 1 unspecified atom stereocenters. The molecule has 17 heteroatoms. The molecule has 3 atom stereocenters. The number of amides is 2. The number of hydrogen-bond acceptors (Lipinski definition) is 9. The van der Waals surface area contributed by atoms with E-state index in [1.807, 2.05) is 13.8 Å². The van der Waals surface area contributed by atoms with E-state index >= 15 is 13.2 Å². The van der Waals surface area contributed by atoms with Gasteiger partial charge in [0.1, 0.15) is 12.4 Å². The Labute approximate surface area is 261 Å². The van der Waals surface area contributed by atoms with E-state index in [2.05, 4.69) is 21.5 Å². The van der Waals surface area contributed by atoms with Gasteiger partial charge in [0.05, 0.1) is 39.6 Å². The molecule has 1 aromatic carbocycles. The fraction of sp³-hybridized carbons (Fsp3) is 0.393. The number of ether oxygens (including phenoxy) is 1. The number of nitrogens with one attached hydrogen (secondary N) is 2. The van der Waals surface area contributed by atoms with Crippen molar-refractivity contribution in [1.29, 1.82) is 0 Å². The van der Waals surface area contributed by atoms with Gasteiger partial charge >= 0.3 is 17.6 Å². The van der Waals surface area contributed by atoms with Crippen molar-refractivity contribution in [3.63, 3.8) is 0 Å². The lowest BCUT2D eigenvalue weighted by Gasteiger charge is -2.44. The zero-order valence-corrected chi connectivity index (χ0v) is 25.7. The fourth-order valence-corrected chi connectivity index (χ4v) is 8.54. The number of benzene rings is 1. The third-order valence-electron chi connectivity index (χ3n) is 7.92. The lowest BCUT2D eigenvalue weighted by molar-refractivity contribution is -0.137. The Morgan fingerprint density at radius 1 is 1.20 bits per heavy atom. The molecular formula is C28H28F3N7O5S2. The highest BCUT2D eigenvalue weighted by molar-refractivity contribution is 7.99. The second-order valence-corrected chi connectivity index (χ2v) is 13.0. The minimum absolute atomic E-state index is 0.0671. The SMILES string of the molecule is C=CC(=O)N1[C@H](C)CN(c2nc(=O)n3c4c(c(-c5scc6[nH]c(=O)[nH]c56)c(C(F)(F)F)cc24)SCC(OCC(N)=O)C3)C[C@@H]1C. The number of aromatic nitrogens is 4. The molecule has 2 aliphatic heterocycles. The van der Waals surface area contributed by atoms with Crippen molar-refractivity contribution in [3.05, 3.63) is 50.6 Å². The van der Waals surface area contributed by atoms with Crippen LogP contribution in [0.5, 0.6) is 0 Å². The van der Waals surface area contributed by atoms with Crippen molar-refractivity contribution >= 4 is 62.7 Å². The Bertz CT molecular complexity index is 1970. The van der Waals surface area contributed by atoms with E-state index in [0.29, 0.717) is 5.52 Å². The van der Waals surface area contributed by atoms with Crippen LogP contribution in [-0.4, -0.2) is 79.9 Å². The van der Waals surface area contributed by atoms with Crippen LogP contribution < -0.4 is 22.0 Å². The largest absolute Gasteiger partial charge is 0.417 e. The number of alkyl halides is 3. The first-order valence-electron chi connectivity index (χ1n) is 13.9. The van der Waals surface area contributed by atoms with Gasteiger partial charge < -0.3 is 30.2 Å². The van der Waals surface area contributed by atoms with Gasteiger partial charge in [-0.2, -0.15) is 18.2 Å². The molecule has 0 saturated carbocycles. The van der Waals surface area contributed by atoms with Crippen LogP contribution in [0.1, 0.15) is 19.4 Å². The molecule has 4 N–H and O–H groups in total. The van der Waals surface area contributed by atoms with Crippen molar-refractivity contribution in [3.8, 4) is 10.4 Å². The smallest absolute Gasteiger partial charge is 0.368 e. The summed E-state index contributed by atoms with van der Waals surface area (Å²) in [5.74, 6) is -0.842. The van der Waals surface area contributed by atoms with Crippen molar-refractivity contribution in [2.75, 3.05) is 30.3 Å². The molecule has 238 valence electrons. The number of nitrogens with zero attached hydrogens (tertiary/aromatic N) is 4. The zero-order chi connectivity index (χ0) is 32.4. The average molecular weight is 664 g/mol. The van der Waals surface area contributed by atoms with Gasteiger partial charge in [-0.25, -0.2) is 9.59 Å². The Morgan fingerprint density at radius 3 is 2.56 bits per heavy atom. The van der Waals surface area contributed by atoms with E-state index in [1.54, 1.807) is 15.2 Å². The fourth-order valence-electron chi connectivity index (χ4n) is 6.19. The number of aromatic amines is 2. The minimum Gasteiger partial charge on any atom is -0.368 e. The maximum Gasteiger partial charge on any atom is 0.417 e. The number of hydrogen-bond donors (Lipinski definition) is 3. The van der Waals surface area contributed by atoms with E-state index in [4.69, 9.17) is 10.5 Å². The molecule has 12 nitrogen and oxygen atoms in total. The zero-order valence-electron chi connectivity index (χ0n) is 24.1. The molecule has 4 aromatic rings. The van der Waals surface area contributed by atoms with Gasteiger partial charge in [-0.05, 0) is 26.0 Å². The van der Waals surface area contributed by atoms with Crippen molar-refractivity contribution in [2.45, 2.75) is 49.7 Å². The van der Waals surface area contributed by atoms with Gasteiger partial charge in [0.2, 0.25) is 11.8 Å². The number of H-pyrrole nitrogens is 2. The number of nitrogens with two attached hydrogens (primary N) is 1. The molecule has 0 radical (unpaired) electrons. The third-order valence-corrected chi connectivity index (χ3v) is 10.1. The number of carbonyl (C=O) groups excluding carboxylic acids is 2. The van der Waals surface area contributed by atoms with Crippen molar-refractivity contribution in [2.24, 2.45) is 5.73 Å². The molecule has 3 aromatic heterocycles. The summed E-state index contributed by atoms with van der Waals surface area (Å²) in [5.41, 5.74) is 3.64. The van der Waals surface area contributed by atoms with Crippen LogP contribution in [-0.2, 0) is 27.0 Å². The van der Waals surface area contributed by atoms with Gasteiger partial charge in [0.25, 0.3) is 0 Å². The summed E-state index contributed by atoms with van der Waals surface area (Å²) in [6.45, 7) is 7.07. The van der Waals surface area contributed by atoms with Gasteiger partial charge in [-0.15, -0.1) is 23.1 Å². The van der Waals surface area contributed by atoms with Crippen LogP contribution in [0.15, 0.2) is 38.6 Å². The Balaban J connectivity index is 1.63. The van der Waals surface area contributed by atoms with Crippen LogP contribution in [0.4, 0.5) is 19.0 Å². The Kier molecular flexibility index (Phi) is 7.81. The highest BCUT2D eigenvalue weighted by Gasteiger charge is 2.40. The first-order valence-corrected chi connectivity index (χ1v) is 15.8. The lowest BCUT2D eigenvalue weighted by Crippen LogP contribution is -2.58. The van der Waals surface area contributed by atoms with Crippen LogP contribution in [0.3, 0.4) is 0 Å². The first-order chi connectivity index (χ1) is 21.3. The van der Waals surface area contributed by atoms with Crippen LogP contribution in [0.2, 0.25) is 0 Å². The summed E-state index contributed by atoms with van der Waals surface area (Å²) in [6, 6.07) is 0.284. The molecule has 2 aliphatic rings. The number of anilines is 1. The lowest BCUT2D eigenvalue weighted by atomic mass is 10.00. The van der Waals surface area contributed by atoms with E-state index in [9.17, 15) is 19.2 Å². The molecule has 45 heavy (non-hydrogen) atoms. The summed E-state index contributed by atoms with van der Waals surface area (Å²) in [5, 5.41) is 1.65. The molecule has 2 amide bonds. The van der Waals surface area contributed by atoms with E-state index in [0.717, 1.165) is 29.2 Å². The number of rotatable bonds is 6. The normalized spacial score (nSPS) is 20.5. The van der Waals surface area contributed by atoms with Crippen LogP contribution in [0, 0.1) is 0 Å². The summed E-state index contributed by atoms with van der Waals surface area (Å²) in [4.78, 5) is 63.0. The summed E-state index contributed by atoms with van der Waals surface area (Å²) < 4.78 is 52.0.